The van der Waals surface area contributed by atoms with Crippen molar-refractivity contribution in [2.75, 3.05) is 13.6 Å². The molecular weight excluding hydrogens is 242 g/mol. The summed E-state index contributed by atoms with van der Waals surface area (Å²) in [6.07, 6.45) is -0.175. The number of rotatable bonds is 6. The maximum atomic E-state index is 11.5. The number of nitrogens with zero attached hydrogens (tertiary/aromatic N) is 3. The van der Waals surface area contributed by atoms with E-state index in [1.165, 1.54) is 11.2 Å². The third-order valence-electron chi connectivity index (χ3n) is 2.18. The van der Waals surface area contributed by atoms with E-state index in [-0.39, 0.29) is 25.5 Å². The average molecular weight is 257 g/mol. The van der Waals surface area contributed by atoms with Crippen LogP contribution in [0.3, 0.4) is 0 Å². The quantitative estimate of drug-likeness (QED) is 0.505. The fourth-order valence-electron chi connectivity index (χ4n) is 1.18. The summed E-state index contributed by atoms with van der Waals surface area (Å²) < 4.78 is 0. The molecule has 0 saturated heterocycles. The lowest BCUT2D eigenvalue weighted by molar-refractivity contribution is -0.146. The minimum atomic E-state index is -1.47. The monoisotopic (exact) mass is 257 g/mol. The standard InChI is InChI=1S/C9H15N5O4/c1-14(4-7-11-5-12-13-7)9(18)10-3-2-6(15)8(16)17/h5-6,15H,2-4H2,1H3,(H,10,18)(H,16,17)(H,11,12,13)/t6-/m0/s1. The van der Waals surface area contributed by atoms with E-state index < -0.39 is 12.1 Å². The summed E-state index contributed by atoms with van der Waals surface area (Å²) in [5.74, 6) is -0.766. The molecule has 18 heavy (non-hydrogen) atoms. The summed E-state index contributed by atoms with van der Waals surface area (Å²) in [6, 6.07) is -0.385. The smallest absolute Gasteiger partial charge is 0.332 e. The van der Waals surface area contributed by atoms with Crippen molar-refractivity contribution in [3.63, 3.8) is 0 Å². The molecule has 9 heteroatoms. The highest BCUT2D eigenvalue weighted by atomic mass is 16.4. The number of carbonyl (C=O) groups is 2. The molecule has 1 atom stereocenters. The highest BCUT2D eigenvalue weighted by Crippen LogP contribution is 1.95. The SMILES string of the molecule is CN(Cc1ncn[nH]1)C(=O)NCC[C@H](O)C(=O)O. The van der Waals surface area contributed by atoms with Gasteiger partial charge in [-0.05, 0) is 0 Å². The van der Waals surface area contributed by atoms with Gasteiger partial charge in [0, 0.05) is 20.0 Å². The zero-order valence-corrected chi connectivity index (χ0v) is 9.83. The topological polar surface area (TPSA) is 131 Å². The Bertz CT molecular complexity index is 394. The molecule has 0 radical (unpaired) electrons. The molecule has 1 heterocycles. The van der Waals surface area contributed by atoms with Crippen LogP contribution in [0.1, 0.15) is 12.2 Å². The van der Waals surface area contributed by atoms with E-state index in [1.54, 1.807) is 7.05 Å². The molecule has 2 amide bonds. The van der Waals surface area contributed by atoms with Gasteiger partial charge in [-0.15, -0.1) is 0 Å². The van der Waals surface area contributed by atoms with Gasteiger partial charge in [0.05, 0.1) is 6.54 Å². The molecule has 0 aliphatic rings. The first-order valence-corrected chi connectivity index (χ1v) is 5.24. The van der Waals surface area contributed by atoms with Crippen molar-refractivity contribution in [3.05, 3.63) is 12.2 Å². The number of aliphatic hydroxyl groups is 1. The van der Waals surface area contributed by atoms with Crippen molar-refractivity contribution in [1.29, 1.82) is 0 Å². The summed E-state index contributed by atoms with van der Waals surface area (Å²) in [4.78, 5) is 27.1. The zero-order chi connectivity index (χ0) is 13.5. The molecule has 0 fully saturated rings. The number of amides is 2. The van der Waals surface area contributed by atoms with E-state index in [2.05, 4.69) is 20.5 Å². The fraction of sp³-hybridized carbons (Fsp3) is 0.556. The molecule has 0 unspecified atom stereocenters. The molecule has 9 nitrogen and oxygen atoms in total. The number of carboxylic acid groups (broad SMARTS) is 1. The number of aliphatic carboxylic acids is 1. The zero-order valence-electron chi connectivity index (χ0n) is 9.83. The lowest BCUT2D eigenvalue weighted by Gasteiger charge is -2.16. The number of carbonyl (C=O) groups excluding carboxylic acids is 1. The normalized spacial score (nSPS) is 11.9. The van der Waals surface area contributed by atoms with Crippen LogP contribution in [0.2, 0.25) is 0 Å². The minimum absolute atomic E-state index is 0.0444. The van der Waals surface area contributed by atoms with Gasteiger partial charge in [-0.2, -0.15) is 5.10 Å². The third kappa shape index (κ3) is 4.37. The number of aromatic amines is 1. The molecular formula is C9H15N5O4. The van der Waals surface area contributed by atoms with Gasteiger partial charge < -0.3 is 20.4 Å². The van der Waals surface area contributed by atoms with Gasteiger partial charge in [-0.3, -0.25) is 5.10 Å². The molecule has 100 valence electrons. The summed E-state index contributed by atoms with van der Waals surface area (Å²) in [5.41, 5.74) is 0. The Morgan fingerprint density at radius 1 is 1.61 bits per heavy atom. The van der Waals surface area contributed by atoms with Crippen LogP contribution in [-0.4, -0.2) is 62.0 Å². The summed E-state index contributed by atoms with van der Waals surface area (Å²) in [7, 11) is 1.56. The summed E-state index contributed by atoms with van der Waals surface area (Å²) in [5, 5.41) is 26.2. The first kappa shape index (κ1) is 13.9. The van der Waals surface area contributed by atoms with Gasteiger partial charge in [-0.25, -0.2) is 14.6 Å². The molecule has 4 N–H and O–H groups in total. The van der Waals surface area contributed by atoms with Crippen LogP contribution in [0.25, 0.3) is 0 Å². The molecule has 0 aromatic carbocycles. The Kier molecular flexibility index (Phi) is 5.06. The maximum absolute atomic E-state index is 11.5. The molecule has 0 aliphatic heterocycles. The summed E-state index contributed by atoms with van der Waals surface area (Å²) >= 11 is 0. The van der Waals surface area contributed by atoms with E-state index in [9.17, 15) is 9.59 Å². The Labute approximate surface area is 103 Å². The average Bonchev–Trinajstić information content (AvgIpc) is 2.81. The van der Waals surface area contributed by atoms with Gasteiger partial charge in [0.15, 0.2) is 6.10 Å². The van der Waals surface area contributed by atoms with Crippen LogP contribution >= 0.6 is 0 Å². The second-order valence-corrected chi connectivity index (χ2v) is 3.66. The molecule has 0 saturated carbocycles. The van der Waals surface area contributed by atoms with Crippen LogP contribution in [0.4, 0.5) is 4.79 Å². The number of aromatic nitrogens is 3. The third-order valence-corrected chi connectivity index (χ3v) is 2.18. The fourth-order valence-corrected chi connectivity index (χ4v) is 1.18. The Morgan fingerprint density at radius 3 is 2.89 bits per heavy atom. The van der Waals surface area contributed by atoms with Crippen LogP contribution in [-0.2, 0) is 11.3 Å². The highest BCUT2D eigenvalue weighted by molar-refractivity contribution is 5.74. The molecule has 1 aromatic heterocycles. The molecule has 0 spiro atoms. The number of hydrogen-bond donors (Lipinski definition) is 4. The van der Waals surface area contributed by atoms with E-state index in [4.69, 9.17) is 10.2 Å². The molecule has 1 rings (SSSR count). The molecule has 0 bridgehead atoms. The van der Waals surface area contributed by atoms with Gasteiger partial charge >= 0.3 is 12.0 Å². The van der Waals surface area contributed by atoms with Crippen LogP contribution in [0, 0.1) is 0 Å². The first-order chi connectivity index (χ1) is 8.50. The van der Waals surface area contributed by atoms with E-state index in [0.717, 1.165) is 0 Å². The van der Waals surface area contributed by atoms with E-state index >= 15 is 0 Å². The second-order valence-electron chi connectivity index (χ2n) is 3.66. The van der Waals surface area contributed by atoms with Gasteiger partial charge in [0.1, 0.15) is 12.2 Å². The lowest BCUT2D eigenvalue weighted by Crippen LogP contribution is -2.39. The highest BCUT2D eigenvalue weighted by Gasteiger charge is 2.14. The number of carboxylic acids is 1. The minimum Gasteiger partial charge on any atom is -0.479 e. The number of urea groups is 1. The first-order valence-electron chi connectivity index (χ1n) is 5.24. The maximum Gasteiger partial charge on any atom is 0.332 e. The Balaban J connectivity index is 2.26. The molecule has 1 aromatic rings. The van der Waals surface area contributed by atoms with Crippen molar-refractivity contribution >= 4 is 12.0 Å². The number of aliphatic hydroxyl groups excluding tert-OH is 1. The van der Waals surface area contributed by atoms with Crippen molar-refractivity contribution in [2.24, 2.45) is 0 Å². The Hall–Kier alpha value is -2.16. The van der Waals surface area contributed by atoms with E-state index in [1.807, 2.05) is 0 Å². The van der Waals surface area contributed by atoms with Crippen molar-refractivity contribution in [3.8, 4) is 0 Å². The van der Waals surface area contributed by atoms with Gasteiger partial charge in [0.2, 0.25) is 0 Å². The van der Waals surface area contributed by atoms with Gasteiger partial charge in [0.25, 0.3) is 0 Å². The predicted molar refractivity (Wildman–Crippen MR) is 59.5 cm³/mol. The largest absolute Gasteiger partial charge is 0.479 e. The molecule has 0 aliphatic carbocycles. The van der Waals surface area contributed by atoms with Crippen LogP contribution in [0.5, 0.6) is 0 Å². The Morgan fingerprint density at radius 2 is 2.33 bits per heavy atom. The lowest BCUT2D eigenvalue weighted by atomic mass is 10.2. The second kappa shape index (κ2) is 6.55. The van der Waals surface area contributed by atoms with Crippen molar-refractivity contribution in [1.82, 2.24) is 25.4 Å². The number of nitrogens with one attached hydrogen (secondary N) is 2. The van der Waals surface area contributed by atoms with Crippen molar-refractivity contribution in [2.45, 2.75) is 19.1 Å². The van der Waals surface area contributed by atoms with Gasteiger partial charge in [-0.1, -0.05) is 0 Å². The van der Waals surface area contributed by atoms with E-state index in [0.29, 0.717) is 5.82 Å². The number of H-pyrrole nitrogens is 1. The summed E-state index contributed by atoms with van der Waals surface area (Å²) in [6.45, 7) is 0.334. The number of hydrogen-bond acceptors (Lipinski definition) is 5. The van der Waals surface area contributed by atoms with Crippen molar-refractivity contribution < 1.29 is 19.8 Å². The van der Waals surface area contributed by atoms with Crippen LogP contribution < -0.4 is 5.32 Å². The predicted octanol–water partition coefficient (Wildman–Crippen LogP) is -1.22. The van der Waals surface area contributed by atoms with Crippen LogP contribution in [0.15, 0.2) is 6.33 Å².